The Labute approximate surface area is 146 Å². The lowest BCUT2D eigenvalue weighted by atomic mass is 10.1. The number of hydrogen-bond acceptors (Lipinski definition) is 7. The van der Waals surface area contributed by atoms with E-state index < -0.39 is 35.2 Å². The van der Waals surface area contributed by atoms with E-state index in [0.29, 0.717) is 0 Å². The molecule has 0 radical (unpaired) electrons. The molecule has 0 bridgehead atoms. The quantitative estimate of drug-likeness (QED) is 0.765. The predicted octanol–water partition coefficient (Wildman–Crippen LogP) is 1.55. The molecule has 140 valence electrons. The Hall–Kier alpha value is -2.58. The van der Waals surface area contributed by atoms with E-state index in [2.05, 4.69) is 10.5 Å². The molecule has 0 aliphatic heterocycles. The Morgan fingerprint density at radius 3 is 2.16 bits per heavy atom. The van der Waals surface area contributed by atoms with Crippen LogP contribution >= 0.6 is 0 Å². The fourth-order valence-electron chi connectivity index (χ4n) is 1.74. The molecule has 0 aromatic carbocycles. The SMILES string of the molecule is CC(C)(C)OC(=O)N[C@@H](Cc1cc(C(N)=O)no1)C(=O)OC(C)(C)C. The van der Waals surface area contributed by atoms with Gasteiger partial charge in [0.1, 0.15) is 23.0 Å². The van der Waals surface area contributed by atoms with E-state index in [1.807, 2.05) is 0 Å². The van der Waals surface area contributed by atoms with E-state index >= 15 is 0 Å². The minimum Gasteiger partial charge on any atom is -0.458 e. The first-order valence-electron chi connectivity index (χ1n) is 7.74. The third-order valence-electron chi connectivity index (χ3n) is 2.60. The van der Waals surface area contributed by atoms with Crippen LogP contribution < -0.4 is 11.1 Å². The van der Waals surface area contributed by atoms with Crippen LogP contribution in [0.25, 0.3) is 0 Å². The highest BCUT2D eigenvalue weighted by molar-refractivity contribution is 5.90. The molecule has 9 heteroatoms. The first-order chi connectivity index (χ1) is 11.3. The Morgan fingerprint density at radius 2 is 1.72 bits per heavy atom. The molecular formula is C16H25N3O6. The smallest absolute Gasteiger partial charge is 0.408 e. The third kappa shape index (κ3) is 7.69. The van der Waals surface area contributed by atoms with Crippen molar-refractivity contribution in [3.63, 3.8) is 0 Å². The number of rotatable bonds is 5. The Bertz CT molecular complexity index is 639. The molecule has 1 aromatic rings. The summed E-state index contributed by atoms with van der Waals surface area (Å²) >= 11 is 0. The van der Waals surface area contributed by atoms with Gasteiger partial charge in [-0.05, 0) is 41.5 Å². The van der Waals surface area contributed by atoms with Gasteiger partial charge in [0.05, 0.1) is 0 Å². The molecule has 1 atom stereocenters. The van der Waals surface area contributed by atoms with Crippen molar-refractivity contribution in [1.29, 1.82) is 0 Å². The van der Waals surface area contributed by atoms with Gasteiger partial charge in [0, 0.05) is 12.5 Å². The molecule has 0 aliphatic rings. The van der Waals surface area contributed by atoms with Crippen molar-refractivity contribution in [2.45, 2.75) is 65.2 Å². The summed E-state index contributed by atoms with van der Waals surface area (Å²) in [5.41, 5.74) is 3.56. The topological polar surface area (TPSA) is 134 Å². The van der Waals surface area contributed by atoms with Gasteiger partial charge in [-0.15, -0.1) is 0 Å². The van der Waals surface area contributed by atoms with Gasteiger partial charge >= 0.3 is 12.1 Å². The van der Waals surface area contributed by atoms with E-state index in [-0.39, 0.29) is 17.9 Å². The molecule has 3 N–H and O–H groups in total. The normalized spacial score (nSPS) is 13.0. The van der Waals surface area contributed by atoms with Gasteiger partial charge in [-0.25, -0.2) is 9.59 Å². The van der Waals surface area contributed by atoms with Crippen LogP contribution in [0, 0.1) is 0 Å². The van der Waals surface area contributed by atoms with Crippen LogP contribution in [0.4, 0.5) is 4.79 Å². The van der Waals surface area contributed by atoms with Gasteiger partial charge in [0.25, 0.3) is 5.91 Å². The summed E-state index contributed by atoms with van der Waals surface area (Å²) in [6.45, 7) is 10.2. The number of nitrogens with two attached hydrogens (primary N) is 1. The number of amides is 2. The molecule has 0 saturated heterocycles. The Balaban J connectivity index is 2.91. The van der Waals surface area contributed by atoms with Crippen LogP contribution in [-0.4, -0.2) is 40.4 Å². The van der Waals surface area contributed by atoms with Crippen LogP contribution in [0.15, 0.2) is 10.6 Å². The molecule has 9 nitrogen and oxygen atoms in total. The molecule has 0 fully saturated rings. The van der Waals surface area contributed by atoms with Gasteiger partial charge in [-0.3, -0.25) is 4.79 Å². The summed E-state index contributed by atoms with van der Waals surface area (Å²) in [5, 5.41) is 5.94. The van der Waals surface area contributed by atoms with Crippen LogP contribution in [-0.2, 0) is 20.7 Å². The van der Waals surface area contributed by atoms with Crippen molar-refractivity contribution in [1.82, 2.24) is 10.5 Å². The van der Waals surface area contributed by atoms with Gasteiger partial charge in [-0.1, -0.05) is 5.16 Å². The molecule has 2 amide bonds. The minimum absolute atomic E-state index is 0.0739. The van der Waals surface area contributed by atoms with E-state index in [4.69, 9.17) is 19.7 Å². The second-order valence-corrected chi connectivity index (χ2v) is 7.48. The van der Waals surface area contributed by atoms with Crippen LogP contribution in [0.3, 0.4) is 0 Å². The minimum atomic E-state index is -1.08. The van der Waals surface area contributed by atoms with E-state index in [1.54, 1.807) is 41.5 Å². The maximum atomic E-state index is 12.4. The number of carbonyl (C=O) groups excluding carboxylic acids is 3. The van der Waals surface area contributed by atoms with Crippen molar-refractivity contribution in [3.8, 4) is 0 Å². The maximum absolute atomic E-state index is 12.4. The first kappa shape index (κ1) is 20.5. The van der Waals surface area contributed by atoms with Crippen LogP contribution in [0.2, 0.25) is 0 Å². The van der Waals surface area contributed by atoms with Crippen molar-refractivity contribution < 1.29 is 28.4 Å². The maximum Gasteiger partial charge on any atom is 0.408 e. The summed E-state index contributed by atoms with van der Waals surface area (Å²) in [4.78, 5) is 35.4. The lowest BCUT2D eigenvalue weighted by molar-refractivity contribution is -0.157. The molecule has 1 rings (SSSR count). The number of hydrogen-bond donors (Lipinski definition) is 2. The highest BCUT2D eigenvalue weighted by Crippen LogP contribution is 2.13. The average Bonchev–Trinajstić information content (AvgIpc) is 2.82. The first-order valence-corrected chi connectivity index (χ1v) is 7.74. The number of carbonyl (C=O) groups is 3. The van der Waals surface area contributed by atoms with Gasteiger partial charge in [0.15, 0.2) is 5.69 Å². The number of alkyl carbamates (subject to hydrolysis) is 1. The second kappa shape index (κ2) is 7.54. The van der Waals surface area contributed by atoms with E-state index in [9.17, 15) is 14.4 Å². The zero-order valence-corrected chi connectivity index (χ0v) is 15.3. The van der Waals surface area contributed by atoms with Crippen LogP contribution in [0.5, 0.6) is 0 Å². The standard InChI is InChI=1S/C16H25N3O6/c1-15(2,3)23-13(21)11(18-14(22)24-16(4,5)6)8-9-7-10(12(17)20)19-25-9/h7,11H,8H2,1-6H3,(H2,17,20)(H,18,22)/t11-/m0/s1. The van der Waals surface area contributed by atoms with Crippen LogP contribution in [0.1, 0.15) is 57.8 Å². The number of esters is 1. The molecule has 0 spiro atoms. The van der Waals surface area contributed by atoms with Crippen molar-refractivity contribution in [2.75, 3.05) is 0 Å². The van der Waals surface area contributed by atoms with Crippen molar-refractivity contribution in [2.24, 2.45) is 5.73 Å². The molecule has 0 unspecified atom stereocenters. The van der Waals surface area contributed by atoms with Crippen molar-refractivity contribution >= 4 is 18.0 Å². The lowest BCUT2D eigenvalue weighted by Gasteiger charge is -2.25. The van der Waals surface area contributed by atoms with E-state index in [0.717, 1.165) is 0 Å². The number of ether oxygens (including phenoxy) is 2. The fourth-order valence-corrected chi connectivity index (χ4v) is 1.74. The zero-order chi connectivity index (χ0) is 19.4. The summed E-state index contributed by atoms with van der Waals surface area (Å²) in [7, 11) is 0. The monoisotopic (exact) mass is 355 g/mol. The second-order valence-electron chi connectivity index (χ2n) is 7.48. The molecule has 0 saturated carbocycles. The highest BCUT2D eigenvalue weighted by Gasteiger charge is 2.30. The third-order valence-corrected chi connectivity index (χ3v) is 2.60. The Morgan fingerprint density at radius 1 is 1.16 bits per heavy atom. The van der Waals surface area contributed by atoms with Gasteiger partial charge < -0.3 is 25.0 Å². The molecule has 25 heavy (non-hydrogen) atoms. The van der Waals surface area contributed by atoms with Gasteiger partial charge in [-0.2, -0.15) is 0 Å². The van der Waals surface area contributed by atoms with Gasteiger partial charge in [0.2, 0.25) is 0 Å². The number of primary amides is 1. The van der Waals surface area contributed by atoms with Crippen molar-refractivity contribution in [3.05, 3.63) is 17.5 Å². The lowest BCUT2D eigenvalue weighted by Crippen LogP contribution is -2.47. The fraction of sp³-hybridized carbons (Fsp3) is 0.625. The predicted molar refractivity (Wildman–Crippen MR) is 87.7 cm³/mol. The summed E-state index contributed by atoms with van der Waals surface area (Å²) in [6.07, 6.45) is -0.855. The zero-order valence-electron chi connectivity index (χ0n) is 15.3. The number of aromatic nitrogens is 1. The largest absolute Gasteiger partial charge is 0.458 e. The molecule has 0 aliphatic carbocycles. The average molecular weight is 355 g/mol. The molecule has 1 heterocycles. The molecular weight excluding hydrogens is 330 g/mol. The summed E-state index contributed by atoms with van der Waals surface area (Å²) in [5.74, 6) is -1.24. The summed E-state index contributed by atoms with van der Waals surface area (Å²) in [6, 6.07) is 0.221. The van der Waals surface area contributed by atoms with E-state index in [1.165, 1.54) is 6.07 Å². The molecule has 1 aromatic heterocycles. The summed E-state index contributed by atoms with van der Waals surface area (Å²) < 4.78 is 15.4. The number of nitrogens with zero attached hydrogens (tertiary/aromatic N) is 1. The Kier molecular flexibility index (Phi) is 6.17. The number of nitrogens with one attached hydrogen (secondary N) is 1. The highest BCUT2D eigenvalue weighted by atomic mass is 16.6.